The Labute approximate surface area is 201 Å². The van der Waals surface area contributed by atoms with Gasteiger partial charge >= 0.3 is 6.18 Å². The zero-order valence-corrected chi connectivity index (χ0v) is 20.2. The molecule has 6 nitrogen and oxygen atoms in total. The van der Waals surface area contributed by atoms with Gasteiger partial charge in [0.15, 0.2) is 9.84 Å². The van der Waals surface area contributed by atoms with Crippen LogP contribution >= 0.6 is 0 Å². The van der Waals surface area contributed by atoms with Crippen molar-refractivity contribution in [2.45, 2.75) is 28.8 Å². The van der Waals surface area contributed by atoms with Gasteiger partial charge in [-0.15, -0.1) is 0 Å². The molecule has 1 N–H and O–H groups in total. The SMILES string of the molecule is CS(=O)(=O)c1cccc(CC(=O)Cc2cc(S(=O)(=O)NCC(F)(F)F)ccc2-c2ccccc2)c1. The molecule has 0 saturated heterocycles. The minimum absolute atomic E-state index is 0.0663. The molecule has 3 rings (SSSR count). The van der Waals surface area contributed by atoms with Gasteiger partial charge in [0, 0.05) is 19.1 Å². The molecular weight excluding hydrogens is 503 g/mol. The maximum atomic E-state index is 12.9. The van der Waals surface area contributed by atoms with E-state index in [0.717, 1.165) is 6.26 Å². The predicted molar refractivity (Wildman–Crippen MR) is 125 cm³/mol. The van der Waals surface area contributed by atoms with Crippen molar-refractivity contribution in [2.24, 2.45) is 0 Å². The Kier molecular flexibility index (Phi) is 7.83. The summed E-state index contributed by atoms with van der Waals surface area (Å²) in [5.74, 6) is -0.328. The largest absolute Gasteiger partial charge is 0.402 e. The van der Waals surface area contributed by atoms with E-state index in [1.54, 1.807) is 36.4 Å². The number of hydrogen-bond acceptors (Lipinski definition) is 5. The third-order valence-electron chi connectivity index (χ3n) is 5.05. The molecule has 0 aromatic heterocycles. The monoisotopic (exact) mass is 525 g/mol. The Hall–Kier alpha value is -3.02. The van der Waals surface area contributed by atoms with Crippen LogP contribution < -0.4 is 4.72 Å². The smallest absolute Gasteiger partial charge is 0.299 e. The van der Waals surface area contributed by atoms with Crippen molar-refractivity contribution in [1.82, 2.24) is 4.72 Å². The number of carbonyl (C=O) groups excluding carboxylic acids is 1. The zero-order chi connectivity index (χ0) is 25.9. The first-order chi connectivity index (χ1) is 16.2. The highest BCUT2D eigenvalue weighted by Crippen LogP contribution is 2.28. The lowest BCUT2D eigenvalue weighted by Gasteiger charge is -2.14. The fourth-order valence-corrected chi connectivity index (χ4v) is 5.19. The molecular formula is C24H22F3NO5S2. The lowest BCUT2D eigenvalue weighted by Crippen LogP contribution is -2.33. The van der Waals surface area contributed by atoms with Gasteiger partial charge in [0.1, 0.15) is 12.3 Å². The summed E-state index contributed by atoms with van der Waals surface area (Å²) in [7, 11) is -7.95. The molecule has 186 valence electrons. The Morgan fingerprint density at radius 2 is 1.51 bits per heavy atom. The minimum atomic E-state index is -4.73. The molecule has 0 saturated carbocycles. The van der Waals surface area contributed by atoms with E-state index in [-0.39, 0.29) is 23.5 Å². The summed E-state index contributed by atoms with van der Waals surface area (Å²) < 4.78 is 87.6. The number of sulfonamides is 1. The average molecular weight is 526 g/mol. The number of ketones is 1. The van der Waals surface area contributed by atoms with E-state index in [0.29, 0.717) is 22.3 Å². The van der Waals surface area contributed by atoms with E-state index in [1.165, 1.54) is 41.1 Å². The maximum Gasteiger partial charge on any atom is 0.402 e. The molecule has 0 aliphatic carbocycles. The van der Waals surface area contributed by atoms with E-state index in [4.69, 9.17) is 0 Å². The second-order valence-electron chi connectivity index (χ2n) is 7.94. The highest BCUT2D eigenvalue weighted by atomic mass is 32.2. The summed E-state index contributed by atoms with van der Waals surface area (Å²) in [6.45, 7) is -1.72. The second kappa shape index (κ2) is 10.3. The number of rotatable bonds is 9. The molecule has 0 atom stereocenters. The van der Waals surface area contributed by atoms with Gasteiger partial charge in [-0.2, -0.15) is 13.2 Å². The average Bonchev–Trinajstić information content (AvgIpc) is 2.77. The number of alkyl halides is 3. The number of nitrogens with one attached hydrogen (secondary N) is 1. The Morgan fingerprint density at radius 1 is 0.829 bits per heavy atom. The standard InChI is InChI=1S/C24H22F3NO5S2/c1-34(30,31)21-9-5-6-17(13-21)12-20(29)14-19-15-22(35(32,33)28-16-24(25,26)27)10-11-23(19)18-7-3-2-4-8-18/h2-11,13,15,28H,12,14,16H2,1H3. The van der Waals surface area contributed by atoms with Gasteiger partial charge in [0.2, 0.25) is 10.0 Å². The van der Waals surface area contributed by atoms with Crippen LogP contribution in [0.1, 0.15) is 11.1 Å². The van der Waals surface area contributed by atoms with Crippen molar-refractivity contribution < 1.29 is 34.8 Å². The molecule has 3 aromatic carbocycles. The normalized spacial score (nSPS) is 12.5. The topological polar surface area (TPSA) is 97.4 Å². The van der Waals surface area contributed by atoms with Crippen molar-refractivity contribution in [3.8, 4) is 11.1 Å². The van der Waals surface area contributed by atoms with Crippen LogP contribution in [0.3, 0.4) is 0 Å². The van der Waals surface area contributed by atoms with Gasteiger partial charge in [-0.05, 0) is 46.5 Å². The van der Waals surface area contributed by atoms with Gasteiger partial charge in [0.25, 0.3) is 0 Å². The third kappa shape index (κ3) is 7.48. The number of Topliss-reactive ketones (excluding diaryl/α,β-unsaturated/α-hetero) is 1. The van der Waals surface area contributed by atoms with Gasteiger partial charge in [-0.25, -0.2) is 21.6 Å². The molecule has 0 spiro atoms. The third-order valence-corrected chi connectivity index (χ3v) is 7.56. The quantitative estimate of drug-likeness (QED) is 0.456. The zero-order valence-electron chi connectivity index (χ0n) is 18.5. The van der Waals surface area contributed by atoms with Crippen LogP contribution in [0.2, 0.25) is 0 Å². The Morgan fingerprint density at radius 3 is 2.14 bits per heavy atom. The van der Waals surface area contributed by atoms with Crippen molar-refractivity contribution in [3.63, 3.8) is 0 Å². The minimum Gasteiger partial charge on any atom is -0.299 e. The van der Waals surface area contributed by atoms with Crippen LogP contribution in [-0.4, -0.2) is 41.6 Å². The van der Waals surface area contributed by atoms with Crippen LogP contribution in [0.4, 0.5) is 13.2 Å². The van der Waals surface area contributed by atoms with Crippen molar-refractivity contribution >= 4 is 25.6 Å². The van der Waals surface area contributed by atoms with Crippen LogP contribution in [0.25, 0.3) is 11.1 Å². The summed E-state index contributed by atoms with van der Waals surface area (Å²) in [6.07, 6.45) is -3.99. The van der Waals surface area contributed by atoms with E-state index < -0.39 is 37.5 Å². The van der Waals surface area contributed by atoms with Gasteiger partial charge in [-0.3, -0.25) is 4.79 Å². The highest BCUT2D eigenvalue weighted by Gasteiger charge is 2.30. The molecule has 0 amide bonds. The van der Waals surface area contributed by atoms with Crippen LogP contribution in [-0.2, 0) is 37.5 Å². The van der Waals surface area contributed by atoms with Crippen LogP contribution in [0.5, 0.6) is 0 Å². The van der Waals surface area contributed by atoms with E-state index in [2.05, 4.69) is 0 Å². The fourth-order valence-electron chi connectivity index (χ4n) is 3.43. The number of carbonyl (C=O) groups is 1. The summed E-state index contributed by atoms with van der Waals surface area (Å²) in [5, 5.41) is 0. The van der Waals surface area contributed by atoms with Gasteiger partial charge in [-0.1, -0.05) is 48.5 Å². The van der Waals surface area contributed by atoms with E-state index >= 15 is 0 Å². The molecule has 0 unspecified atom stereocenters. The number of sulfone groups is 1. The molecule has 0 heterocycles. The van der Waals surface area contributed by atoms with E-state index in [9.17, 15) is 34.8 Å². The van der Waals surface area contributed by atoms with Gasteiger partial charge < -0.3 is 0 Å². The summed E-state index contributed by atoms with van der Waals surface area (Å²) in [6, 6.07) is 18.6. The van der Waals surface area contributed by atoms with Crippen molar-refractivity contribution in [1.29, 1.82) is 0 Å². The second-order valence-corrected chi connectivity index (χ2v) is 11.7. The van der Waals surface area contributed by atoms with Crippen molar-refractivity contribution in [3.05, 3.63) is 83.9 Å². The first-order valence-corrected chi connectivity index (χ1v) is 13.7. The molecule has 3 aromatic rings. The first kappa shape index (κ1) is 26.6. The summed E-state index contributed by atoms with van der Waals surface area (Å²) in [5.41, 5.74) is 2.03. The molecule has 11 heteroatoms. The molecule has 0 fully saturated rings. The highest BCUT2D eigenvalue weighted by molar-refractivity contribution is 7.90. The molecule has 0 aliphatic heterocycles. The number of hydrogen-bond donors (Lipinski definition) is 1. The van der Waals surface area contributed by atoms with Crippen LogP contribution in [0.15, 0.2) is 82.6 Å². The number of halogens is 3. The Bertz CT molecular complexity index is 1440. The first-order valence-electron chi connectivity index (χ1n) is 10.3. The summed E-state index contributed by atoms with van der Waals surface area (Å²) >= 11 is 0. The van der Waals surface area contributed by atoms with Gasteiger partial charge in [0.05, 0.1) is 9.79 Å². The maximum absolute atomic E-state index is 12.9. The lowest BCUT2D eigenvalue weighted by atomic mass is 9.94. The Balaban J connectivity index is 1.94. The summed E-state index contributed by atoms with van der Waals surface area (Å²) in [4.78, 5) is 12.5. The molecule has 0 bridgehead atoms. The predicted octanol–water partition coefficient (Wildman–Crippen LogP) is 3.95. The van der Waals surface area contributed by atoms with E-state index in [1.807, 2.05) is 0 Å². The fraction of sp³-hybridized carbons (Fsp3) is 0.208. The molecule has 0 aliphatic rings. The number of benzene rings is 3. The lowest BCUT2D eigenvalue weighted by molar-refractivity contribution is -0.121. The van der Waals surface area contributed by atoms with Crippen LogP contribution in [0, 0.1) is 0 Å². The molecule has 0 radical (unpaired) electrons. The molecule has 35 heavy (non-hydrogen) atoms. The van der Waals surface area contributed by atoms with Crippen molar-refractivity contribution in [2.75, 3.05) is 12.8 Å².